The number of methoxy groups -OCH3 is 1. The smallest absolute Gasteiger partial charge is 0.153 e. The normalized spacial score (nSPS) is 17.8. The molecule has 0 aliphatic carbocycles. The second-order valence-electron chi connectivity index (χ2n) is 8.58. The van der Waals surface area contributed by atoms with Crippen molar-refractivity contribution in [2.75, 3.05) is 7.11 Å². The molecule has 33 heavy (non-hydrogen) atoms. The summed E-state index contributed by atoms with van der Waals surface area (Å²) in [5, 5.41) is 19.5. The molecule has 1 aliphatic heterocycles. The van der Waals surface area contributed by atoms with Gasteiger partial charge in [0.25, 0.3) is 0 Å². The summed E-state index contributed by atoms with van der Waals surface area (Å²) in [4.78, 5) is 15.4. The van der Waals surface area contributed by atoms with Crippen LogP contribution in [0.2, 0.25) is 0 Å². The minimum Gasteiger partial charge on any atom is -0.544 e. The number of ether oxygens (including phenoxy) is 1. The van der Waals surface area contributed by atoms with Crippen LogP contribution in [-0.4, -0.2) is 33.9 Å². The number of aromatic nitrogens is 3. The lowest BCUT2D eigenvalue weighted by molar-refractivity contribution is -0.717. The number of hydrogen-bond acceptors (Lipinski definition) is 4. The molecule has 0 radical (unpaired) electrons. The molecule has 8 heteroatoms. The number of hydrogen-bond donors (Lipinski definition) is 2. The number of nitrogens with zero attached hydrogens (tertiary/aromatic N) is 2. The van der Waals surface area contributed by atoms with Crippen molar-refractivity contribution < 1.29 is 20.0 Å². The fourth-order valence-electron chi connectivity index (χ4n) is 4.87. The second kappa shape index (κ2) is 8.35. The number of quaternary nitrogens is 1. The minimum absolute atomic E-state index is 0.194. The molecule has 0 amide bonds. The molecule has 0 spiro atoms. The van der Waals surface area contributed by atoms with Crippen LogP contribution in [-0.2, 0) is 17.8 Å². The third kappa shape index (κ3) is 3.73. The Morgan fingerprint density at radius 3 is 2.79 bits per heavy atom. The van der Waals surface area contributed by atoms with Gasteiger partial charge in [0.05, 0.1) is 41.2 Å². The molecule has 0 unspecified atom stereocenters. The van der Waals surface area contributed by atoms with Crippen LogP contribution in [0.4, 0.5) is 0 Å². The zero-order chi connectivity index (χ0) is 23.3. The summed E-state index contributed by atoms with van der Waals surface area (Å²) in [6.07, 6.45) is 0.432. The van der Waals surface area contributed by atoms with Gasteiger partial charge >= 0.3 is 0 Å². The van der Waals surface area contributed by atoms with E-state index in [2.05, 4.69) is 32.1 Å². The summed E-state index contributed by atoms with van der Waals surface area (Å²) < 4.78 is 8.58. The molecule has 7 nitrogen and oxygen atoms in total. The van der Waals surface area contributed by atoms with Gasteiger partial charge in [-0.15, -0.1) is 0 Å². The summed E-state index contributed by atoms with van der Waals surface area (Å²) >= 11 is 3.60. The van der Waals surface area contributed by atoms with Gasteiger partial charge in [0.1, 0.15) is 11.8 Å². The molecule has 2 aromatic carbocycles. The number of benzene rings is 2. The van der Waals surface area contributed by atoms with Crippen molar-refractivity contribution in [3.8, 4) is 5.75 Å². The van der Waals surface area contributed by atoms with Gasteiger partial charge in [-0.3, -0.25) is 4.68 Å². The number of fused-ring (bicyclic) bond motifs is 3. The Morgan fingerprint density at radius 1 is 1.30 bits per heavy atom. The van der Waals surface area contributed by atoms with Crippen LogP contribution in [0.25, 0.3) is 10.9 Å². The first-order valence-electron chi connectivity index (χ1n) is 10.9. The van der Waals surface area contributed by atoms with Crippen molar-refractivity contribution in [3.63, 3.8) is 0 Å². The highest BCUT2D eigenvalue weighted by Crippen LogP contribution is 2.34. The molecule has 1 aliphatic rings. The monoisotopic (exact) mass is 508 g/mol. The quantitative estimate of drug-likeness (QED) is 0.431. The van der Waals surface area contributed by atoms with Crippen molar-refractivity contribution in [1.82, 2.24) is 14.8 Å². The topological polar surface area (TPSA) is 99.6 Å². The van der Waals surface area contributed by atoms with E-state index in [4.69, 9.17) is 4.74 Å². The molecule has 3 N–H and O–H groups in total. The van der Waals surface area contributed by atoms with Crippen LogP contribution in [0.3, 0.4) is 0 Å². The number of halogens is 1. The maximum Gasteiger partial charge on any atom is 0.153 e. The van der Waals surface area contributed by atoms with Crippen LogP contribution < -0.4 is 15.2 Å². The Morgan fingerprint density at radius 2 is 2.09 bits per heavy atom. The van der Waals surface area contributed by atoms with Gasteiger partial charge in [-0.05, 0) is 59.6 Å². The molecule has 4 aromatic rings. The van der Waals surface area contributed by atoms with E-state index in [1.807, 2.05) is 60.2 Å². The van der Waals surface area contributed by atoms with E-state index in [1.54, 1.807) is 7.11 Å². The highest BCUT2D eigenvalue weighted by atomic mass is 79.9. The molecule has 0 fully saturated rings. The van der Waals surface area contributed by atoms with Crippen molar-refractivity contribution >= 4 is 32.8 Å². The first kappa shape index (κ1) is 21.7. The number of rotatable bonds is 5. The molecule has 2 aromatic heterocycles. The number of nitrogens with one attached hydrogen (secondary N) is 1. The molecule has 2 atom stereocenters. The largest absolute Gasteiger partial charge is 0.544 e. The van der Waals surface area contributed by atoms with Gasteiger partial charge in [0.15, 0.2) is 6.04 Å². The van der Waals surface area contributed by atoms with E-state index in [0.29, 0.717) is 13.0 Å². The lowest BCUT2D eigenvalue weighted by Crippen LogP contribution is -2.95. The van der Waals surface area contributed by atoms with Gasteiger partial charge in [0.2, 0.25) is 0 Å². The molecule has 0 saturated heterocycles. The first-order chi connectivity index (χ1) is 15.9. The maximum atomic E-state index is 11.9. The minimum atomic E-state index is -1.04. The number of H-pyrrole nitrogens is 1. The van der Waals surface area contributed by atoms with E-state index < -0.39 is 12.0 Å². The van der Waals surface area contributed by atoms with E-state index >= 15 is 0 Å². The van der Waals surface area contributed by atoms with Crippen LogP contribution in [0, 0.1) is 13.8 Å². The zero-order valence-corrected chi connectivity index (χ0v) is 20.3. The van der Waals surface area contributed by atoms with E-state index in [9.17, 15) is 9.90 Å². The molecular formula is C25H25BrN4O3. The second-order valence-corrected chi connectivity index (χ2v) is 9.37. The highest BCUT2D eigenvalue weighted by Gasteiger charge is 2.35. The van der Waals surface area contributed by atoms with Crippen LogP contribution in [0.15, 0.2) is 46.9 Å². The van der Waals surface area contributed by atoms with E-state index in [-0.39, 0.29) is 6.04 Å². The summed E-state index contributed by atoms with van der Waals surface area (Å²) in [5.41, 5.74) is 7.06. The Labute approximate surface area is 199 Å². The Balaban J connectivity index is 1.60. The van der Waals surface area contributed by atoms with Crippen LogP contribution >= 0.6 is 15.9 Å². The standard InChI is InChI=1S/C25H25BrN4O3/c1-13-22(26)14(2)30(29-13)12-16-10-15(8-9-21(16)33-3)23-24-18(11-20(28-23)25(31)32)17-6-4-5-7-19(17)27-24/h4-10,20,23,27-28H,11-12H2,1-3H3,(H,31,32)/t20-,23+/m1/s1. The van der Waals surface area contributed by atoms with Gasteiger partial charge in [-0.1, -0.05) is 18.2 Å². The average molecular weight is 509 g/mol. The lowest BCUT2D eigenvalue weighted by Gasteiger charge is -2.29. The Kier molecular flexibility index (Phi) is 5.50. The summed E-state index contributed by atoms with van der Waals surface area (Å²) in [6.45, 7) is 4.54. The highest BCUT2D eigenvalue weighted by molar-refractivity contribution is 9.10. The Bertz CT molecular complexity index is 1370. The number of aliphatic carboxylic acids is 1. The molecule has 0 saturated carbocycles. The van der Waals surface area contributed by atoms with Crippen LogP contribution in [0.5, 0.6) is 5.75 Å². The number of carboxylic acids is 1. The fourth-order valence-corrected chi connectivity index (χ4v) is 5.15. The van der Waals surface area contributed by atoms with Crippen molar-refractivity contribution in [3.05, 3.63) is 80.7 Å². The van der Waals surface area contributed by atoms with Gasteiger partial charge in [-0.2, -0.15) is 5.10 Å². The fraction of sp³-hybridized carbons (Fsp3) is 0.280. The summed E-state index contributed by atoms with van der Waals surface area (Å²) in [6, 6.07) is 13.2. The SMILES string of the molecule is COc1ccc([C@@H]2[NH2+][C@@H](C(=O)[O-])Cc3c2[nH]c2ccccc32)cc1Cn1nc(C)c(Br)c1C. The molecule has 170 valence electrons. The van der Waals surface area contributed by atoms with Gasteiger partial charge < -0.3 is 24.9 Å². The molecule has 3 heterocycles. The molecule has 0 bridgehead atoms. The molecular weight excluding hydrogens is 484 g/mol. The van der Waals surface area contributed by atoms with Crippen molar-refractivity contribution in [2.45, 2.75) is 38.9 Å². The third-order valence-corrected chi connectivity index (χ3v) is 7.73. The number of carbonyl (C=O) groups excluding carboxylic acids is 1. The van der Waals surface area contributed by atoms with Crippen molar-refractivity contribution in [1.29, 1.82) is 0 Å². The predicted molar refractivity (Wildman–Crippen MR) is 126 cm³/mol. The Hall–Kier alpha value is -3.10. The number of carboxylic acid groups (broad SMARTS) is 1. The van der Waals surface area contributed by atoms with Gasteiger partial charge in [-0.25, -0.2) is 0 Å². The third-order valence-electron chi connectivity index (χ3n) is 6.59. The van der Waals surface area contributed by atoms with E-state index in [1.165, 1.54) is 0 Å². The van der Waals surface area contributed by atoms with E-state index in [0.717, 1.165) is 54.9 Å². The van der Waals surface area contributed by atoms with Crippen LogP contribution in [0.1, 0.15) is 39.8 Å². The average Bonchev–Trinajstić information content (AvgIpc) is 3.31. The number of aromatic amines is 1. The van der Waals surface area contributed by atoms with Crippen molar-refractivity contribution in [2.24, 2.45) is 0 Å². The number of carbonyl (C=O) groups is 1. The maximum absolute atomic E-state index is 11.9. The summed E-state index contributed by atoms with van der Waals surface area (Å²) in [5.74, 6) is -0.274. The number of para-hydroxylation sites is 1. The number of nitrogens with two attached hydrogens (primary N) is 1. The number of aryl methyl sites for hydroxylation is 1. The first-order valence-corrected chi connectivity index (χ1v) is 11.7. The van der Waals surface area contributed by atoms with Gasteiger partial charge in [0, 0.05) is 28.5 Å². The molecule has 5 rings (SSSR count). The summed E-state index contributed by atoms with van der Waals surface area (Å²) in [7, 11) is 1.66. The zero-order valence-electron chi connectivity index (χ0n) is 18.7. The predicted octanol–water partition coefficient (Wildman–Crippen LogP) is 2.13. The lowest BCUT2D eigenvalue weighted by atomic mass is 9.89.